The standard InChI is InChI=1S/C25H17Cl2NO2/c26-19-11-13-20(14-12-19)30-24-23(18-10-9-16-5-1-2-6-17(16)15-18)28(25(24)29)22-8-4-3-7-21(22)27/h1-15,23-24H. The monoisotopic (exact) mass is 433 g/mol. The summed E-state index contributed by atoms with van der Waals surface area (Å²) in [6.07, 6.45) is -0.649. The number of anilines is 1. The zero-order valence-electron chi connectivity index (χ0n) is 15.8. The molecule has 3 nitrogen and oxygen atoms in total. The van der Waals surface area contributed by atoms with E-state index in [-0.39, 0.29) is 11.9 Å². The molecule has 148 valence electrons. The van der Waals surface area contributed by atoms with Crippen molar-refractivity contribution in [3.8, 4) is 5.75 Å². The number of β-lactam (4-membered cyclic amide) rings is 1. The van der Waals surface area contributed by atoms with Gasteiger partial charge in [-0.2, -0.15) is 0 Å². The van der Waals surface area contributed by atoms with Crippen LogP contribution in [0.1, 0.15) is 11.6 Å². The summed E-state index contributed by atoms with van der Waals surface area (Å²) in [6, 6.07) is 28.5. The predicted octanol–water partition coefficient (Wildman–Crippen LogP) is 6.68. The largest absolute Gasteiger partial charge is 0.478 e. The molecule has 1 fully saturated rings. The lowest BCUT2D eigenvalue weighted by atomic mass is 9.88. The van der Waals surface area contributed by atoms with E-state index in [2.05, 4.69) is 24.3 Å². The van der Waals surface area contributed by atoms with E-state index < -0.39 is 6.10 Å². The van der Waals surface area contributed by atoms with E-state index in [0.717, 1.165) is 16.3 Å². The van der Waals surface area contributed by atoms with Crippen molar-refractivity contribution in [1.82, 2.24) is 0 Å². The highest BCUT2D eigenvalue weighted by molar-refractivity contribution is 6.34. The maximum Gasteiger partial charge on any atom is 0.271 e. The summed E-state index contributed by atoms with van der Waals surface area (Å²) in [5.41, 5.74) is 1.67. The molecule has 0 bridgehead atoms. The average Bonchev–Trinajstić information content (AvgIpc) is 2.77. The highest BCUT2D eigenvalue weighted by Gasteiger charge is 2.51. The van der Waals surface area contributed by atoms with Crippen LogP contribution in [0.3, 0.4) is 0 Å². The third-order valence-corrected chi connectivity index (χ3v) is 5.92. The van der Waals surface area contributed by atoms with Gasteiger partial charge in [-0.1, -0.05) is 71.7 Å². The first-order valence-electron chi connectivity index (χ1n) is 9.60. The molecule has 0 spiro atoms. The van der Waals surface area contributed by atoms with Gasteiger partial charge >= 0.3 is 0 Å². The Balaban J connectivity index is 1.56. The number of carbonyl (C=O) groups excluding carboxylic acids is 1. The van der Waals surface area contributed by atoms with Gasteiger partial charge < -0.3 is 4.74 Å². The molecule has 1 amide bonds. The number of rotatable bonds is 4. The maximum absolute atomic E-state index is 13.1. The minimum absolute atomic E-state index is 0.129. The molecule has 0 aliphatic carbocycles. The third kappa shape index (κ3) is 3.30. The fourth-order valence-electron chi connectivity index (χ4n) is 3.87. The number of halogens is 2. The summed E-state index contributed by atoms with van der Waals surface area (Å²) in [6.45, 7) is 0. The molecule has 0 aromatic heterocycles. The van der Waals surface area contributed by atoms with Gasteiger partial charge in [0.15, 0.2) is 0 Å². The second-order valence-corrected chi connectivity index (χ2v) is 8.05. The molecule has 30 heavy (non-hydrogen) atoms. The highest BCUT2D eigenvalue weighted by Crippen LogP contribution is 2.44. The van der Waals surface area contributed by atoms with Crippen LogP contribution in [-0.4, -0.2) is 12.0 Å². The van der Waals surface area contributed by atoms with Crippen LogP contribution in [0, 0.1) is 0 Å². The number of carbonyl (C=O) groups is 1. The molecule has 1 aliphatic heterocycles. The zero-order chi connectivity index (χ0) is 20.7. The number of para-hydroxylation sites is 1. The van der Waals surface area contributed by atoms with E-state index in [1.165, 1.54) is 0 Å². The van der Waals surface area contributed by atoms with Crippen molar-refractivity contribution in [3.05, 3.63) is 107 Å². The molecule has 0 N–H and O–H groups in total. The van der Waals surface area contributed by atoms with E-state index in [4.69, 9.17) is 27.9 Å². The SMILES string of the molecule is O=C1C(Oc2ccc(Cl)cc2)C(c2ccc3ccccc3c2)N1c1ccccc1Cl. The lowest BCUT2D eigenvalue weighted by Crippen LogP contribution is -2.61. The van der Waals surface area contributed by atoms with Crippen LogP contribution < -0.4 is 9.64 Å². The number of hydrogen-bond acceptors (Lipinski definition) is 2. The van der Waals surface area contributed by atoms with Gasteiger partial charge in [0.2, 0.25) is 6.10 Å². The summed E-state index contributed by atoms with van der Waals surface area (Å²) >= 11 is 12.4. The topological polar surface area (TPSA) is 29.5 Å². The highest BCUT2D eigenvalue weighted by atomic mass is 35.5. The molecule has 1 aliphatic rings. The lowest BCUT2D eigenvalue weighted by Gasteiger charge is -2.47. The summed E-state index contributed by atoms with van der Waals surface area (Å²) in [7, 11) is 0. The quantitative estimate of drug-likeness (QED) is 0.335. The Morgan fingerprint density at radius 3 is 2.23 bits per heavy atom. The Labute approximate surface area is 184 Å². The zero-order valence-corrected chi connectivity index (χ0v) is 17.3. The van der Waals surface area contributed by atoms with E-state index in [0.29, 0.717) is 21.5 Å². The first kappa shape index (κ1) is 19.0. The molecule has 4 aromatic carbocycles. The third-order valence-electron chi connectivity index (χ3n) is 5.35. The van der Waals surface area contributed by atoms with Crippen LogP contribution in [0.15, 0.2) is 91.0 Å². The van der Waals surface area contributed by atoms with Crippen LogP contribution in [-0.2, 0) is 4.79 Å². The lowest BCUT2D eigenvalue weighted by molar-refractivity contribution is -0.135. The number of hydrogen-bond donors (Lipinski definition) is 0. The number of ether oxygens (including phenoxy) is 1. The van der Waals surface area contributed by atoms with Crippen molar-refractivity contribution in [1.29, 1.82) is 0 Å². The Hall–Kier alpha value is -3.01. The predicted molar refractivity (Wildman–Crippen MR) is 121 cm³/mol. The van der Waals surface area contributed by atoms with Crippen molar-refractivity contribution in [2.45, 2.75) is 12.1 Å². The van der Waals surface area contributed by atoms with Crippen LogP contribution in [0.4, 0.5) is 5.69 Å². The van der Waals surface area contributed by atoms with Gasteiger partial charge in [0.1, 0.15) is 11.8 Å². The number of fused-ring (bicyclic) bond motifs is 1. The number of nitrogens with zero attached hydrogens (tertiary/aromatic N) is 1. The Bertz CT molecular complexity index is 1240. The van der Waals surface area contributed by atoms with Crippen molar-refractivity contribution < 1.29 is 9.53 Å². The van der Waals surface area contributed by atoms with Gasteiger partial charge in [0.05, 0.1) is 10.7 Å². The molecule has 0 radical (unpaired) electrons. The second kappa shape index (κ2) is 7.67. The Morgan fingerprint density at radius 2 is 1.47 bits per heavy atom. The summed E-state index contributed by atoms with van der Waals surface area (Å²) in [4.78, 5) is 14.9. The minimum atomic E-state index is -0.649. The number of amides is 1. The summed E-state index contributed by atoms with van der Waals surface area (Å²) in [5.74, 6) is 0.471. The van der Waals surface area contributed by atoms with E-state index in [1.54, 1.807) is 35.2 Å². The first-order valence-corrected chi connectivity index (χ1v) is 10.4. The van der Waals surface area contributed by atoms with Gasteiger partial charge in [0, 0.05) is 5.02 Å². The van der Waals surface area contributed by atoms with Gasteiger partial charge in [0.25, 0.3) is 5.91 Å². The summed E-state index contributed by atoms with van der Waals surface area (Å²) < 4.78 is 6.10. The molecule has 5 heteroatoms. The Kier molecular flexibility index (Phi) is 4.86. The van der Waals surface area contributed by atoms with E-state index in [1.807, 2.05) is 36.4 Å². The van der Waals surface area contributed by atoms with Crippen LogP contribution in [0.25, 0.3) is 10.8 Å². The van der Waals surface area contributed by atoms with Crippen molar-refractivity contribution in [3.63, 3.8) is 0 Å². The van der Waals surface area contributed by atoms with Gasteiger partial charge in [-0.15, -0.1) is 0 Å². The second-order valence-electron chi connectivity index (χ2n) is 7.20. The molecule has 2 unspecified atom stereocenters. The van der Waals surface area contributed by atoms with Crippen LogP contribution in [0.2, 0.25) is 10.0 Å². The first-order chi connectivity index (χ1) is 14.6. The molecule has 1 heterocycles. The van der Waals surface area contributed by atoms with Crippen LogP contribution in [0.5, 0.6) is 5.75 Å². The smallest absolute Gasteiger partial charge is 0.271 e. The van der Waals surface area contributed by atoms with E-state index in [9.17, 15) is 4.79 Å². The van der Waals surface area contributed by atoms with Gasteiger partial charge in [-0.05, 0) is 58.8 Å². The van der Waals surface area contributed by atoms with Gasteiger partial charge in [-0.3, -0.25) is 9.69 Å². The summed E-state index contributed by atoms with van der Waals surface area (Å²) in [5, 5.41) is 3.40. The normalized spacial score (nSPS) is 18.3. The molecule has 4 aromatic rings. The Morgan fingerprint density at radius 1 is 0.767 bits per heavy atom. The fraction of sp³-hybridized carbons (Fsp3) is 0.0800. The molecule has 5 rings (SSSR count). The molecular weight excluding hydrogens is 417 g/mol. The van der Waals surface area contributed by atoms with Crippen molar-refractivity contribution >= 4 is 45.6 Å². The van der Waals surface area contributed by atoms with Crippen molar-refractivity contribution in [2.75, 3.05) is 4.90 Å². The fourth-order valence-corrected chi connectivity index (χ4v) is 4.22. The maximum atomic E-state index is 13.1. The minimum Gasteiger partial charge on any atom is -0.478 e. The molecule has 1 saturated heterocycles. The van der Waals surface area contributed by atoms with Crippen molar-refractivity contribution in [2.24, 2.45) is 0 Å². The average molecular weight is 434 g/mol. The molecular formula is C25H17Cl2NO2. The number of benzene rings is 4. The molecule has 2 atom stereocenters. The van der Waals surface area contributed by atoms with Gasteiger partial charge in [-0.25, -0.2) is 0 Å². The molecule has 0 saturated carbocycles. The van der Waals surface area contributed by atoms with E-state index >= 15 is 0 Å². The van der Waals surface area contributed by atoms with Crippen LogP contribution >= 0.6 is 23.2 Å².